The fourth-order valence-electron chi connectivity index (χ4n) is 3.79. The van der Waals surface area contributed by atoms with Crippen molar-refractivity contribution in [3.8, 4) is 5.75 Å². The zero-order chi connectivity index (χ0) is 18.3. The van der Waals surface area contributed by atoms with Gasteiger partial charge in [0.1, 0.15) is 5.75 Å². The zero-order valence-corrected chi connectivity index (χ0v) is 15.1. The summed E-state index contributed by atoms with van der Waals surface area (Å²) in [4.78, 5) is 26.8. The molecular formula is C17H24ClN3O3. The molecule has 0 spiro atoms. The maximum atomic E-state index is 12.8. The van der Waals surface area contributed by atoms with Gasteiger partial charge in [0.2, 0.25) is 0 Å². The molecule has 132 valence electrons. The molecule has 1 aromatic rings. The molecule has 0 unspecified atom stereocenters. The Kier molecular flexibility index (Phi) is 4.84. The molecule has 0 radical (unpaired) electrons. The normalized spacial score (nSPS) is 19.8. The first-order chi connectivity index (χ1) is 10.9. The topological polar surface area (TPSA) is 95.7 Å². The smallest absolute Gasteiger partial charge is 0.314 e. The Bertz CT molecular complexity index is 655. The Hall–Kier alpha value is -1.79. The predicted octanol–water partition coefficient (Wildman–Crippen LogP) is 2.49. The van der Waals surface area contributed by atoms with Crippen molar-refractivity contribution in [3.63, 3.8) is 0 Å². The van der Waals surface area contributed by atoms with Crippen LogP contribution in [-0.4, -0.2) is 38.9 Å². The lowest BCUT2D eigenvalue weighted by molar-refractivity contribution is -0.156. The number of rotatable bonds is 1. The van der Waals surface area contributed by atoms with E-state index in [1.807, 2.05) is 27.7 Å². The molecule has 1 saturated heterocycles. The van der Waals surface area contributed by atoms with Crippen molar-refractivity contribution in [1.82, 2.24) is 4.90 Å². The Balaban J connectivity index is 2.26. The first-order valence-electron chi connectivity index (χ1n) is 7.84. The summed E-state index contributed by atoms with van der Waals surface area (Å²) in [5, 5.41) is 12.6. The molecule has 7 heteroatoms. The molecule has 4 N–H and O–H groups in total. The van der Waals surface area contributed by atoms with Gasteiger partial charge in [0, 0.05) is 22.1 Å². The Morgan fingerprint density at radius 3 is 2.33 bits per heavy atom. The highest BCUT2D eigenvalue weighted by Crippen LogP contribution is 2.38. The Morgan fingerprint density at radius 2 is 1.79 bits per heavy atom. The van der Waals surface area contributed by atoms with Crippen LogP contribution in [0.5, 0.6) is 5.75 Å². The second kappa shape index (κ2) is 6.26. The average molecular weight is 354 g/mol. The number of anilines is 1. The molecule has 6 nitrogen and oxygen atoms in total. The number of phenols is 1. The van der Waals surface area contributed by atoms with Crippen molar-refractivity contribution in [2.45, 2.75) is 57.7 Å². The van der Waals surface area contributed by atoms with E-state index in [1.165, 1.54) is 18.2 Å². The summed E-state index contributed by atoms with van der Waals surface area (Å²) in [7, 11) is 0. The number of nitrogens with one attached hydrogen (secondary N) is 1. The molecule has 1 aliphatic heterocycles. The molecule has 1 aromatic carbocycles. The van der Waals surface area contributed by atoms with E-state index in [1.54, 1.807) is 4.90 Å². The van der Waals surface area contributed by atoms with E-state index in [9.17, 15) is 14.7 Å². The minimum Gasteiger partial charge on any atom is -0.506 e. The number of aromatic hydroxyl groups is 1. The third-order valence-corrected chi connectivity index (χ3v) is 4.57. The van der Waals surface area contributed by atoms with Gasteiger partial charge in [-0.15, -0.1) is 0 Å². The van der Waals surface area contributed by atoms with Crippen LogP contribution >= 0.6 is 11.6 Å². The van der Waals surface area contributed by atoms with Gasteiger partial charge in [0.25, 0.3) is 0 Å². The molecule has 24 heavy (non-hydrogen) atoms. The number of benzene rings is 1. The van der Waals surface area contributed by atoms with Gasteiger partial charge < -0.3 is 21.1 Å². The van der Waals surface area contributed by atoms with Gasteiger partial charge in [0.05, 0.1) is 5.69 Å². The highest BCUT2D eigenvalue weighted by atomic mass is 35.5. The molecule has 0 aliphatic carbocycles. The highest BCUT2D eigenvalue weighted by Gasteiger charge is 2.48. The monoisotopic (exact) mass is 353 g/mol. The first-order valence-corrected chi connectivity index (χ1v) is 8.21. The molecule has 1 aliphatic rings. The summed E-state index contributed by atoms with van der Waals surface area (Å²) in [5.74, 6) is -1.62. The molecule has 2 rings (SSSR count). The predicted molar refractivity (Wildman–Crippen MR) is 94.0 cm³/mol. The number of nitrogens with two attached hydrogens (primary N) is 1. The molecule has 0 aromatic heterocycles. The molecule has 1 heterocycles. The second-order valence-corrected chi connectivity index (χ2v) is 7.99. The van der Waals surface area contributed by atoms with Gasteiger partial charge >= 0.3 is 11.8 Å². The largest absolute Gasteiger partial charge is 0.506 e. The van der Waals surface area contributed by atoms with Crippen LogP contribution in [0.25, 0.3) is 0 Å². The van der Waals surface area contributed by atoms with Crippen molar-refractivity contribution in [1.29, 1.82) is 0 Å². The van der Waals surface area contributed by atoms with Gasteiger partial charge in [-0.3, -0.25) is 9.59 Å². The number of amides is 2. The van der Waals surface area contributed by atoms with E-state index in [0.29, 0.717) is 17.9 Å². The number of halogens is 1. The lowest BCUT2D eigenvalue weighted by Crippen LogP contribution is -2.66. The van der Waals surface area contributed by atoms with E-state index in [0.717, 1.165) is 0 Å². The van der Waals surface area contributed by atoms with Crippen LogP contribution in [0.1, 0.15) is 40.5 Å². The molecule has 2 amide bonds. The maximum Gasteiger partial charge on any atom is 0.314 e. The number of carbonyl (C=O) groups excluding carboxylic acids is 2. The van der Waals surface area contributed by atoms with Crippen LogP contribution in [-0.2, 0) is 9.59 Å². The van der Waals surface area contributed by atoms with Gasteiger partial charge in [-0.05, 0) is 58.7 Å². The minimum absolute atomic E-state index is 0.0286. The molecular weight excluding hydrogens is 330 g/mol. The third kappa shape index (κ3) is 3.65. The molecule has 0 saturated carbocycles. The number of phenolic OH excluding ortho intramolecular Hbond substituents is 1. The van der Waals surface area contributed by atoms with Crippen molar-refractivity contribution >= 4 is 29.1 Å². The van der Waals surface area contributed by atoms with Crippen LogP contribution in [0.15, 0.2) is 18.2 Å². The van der Waals surface area contributed by atoms with E-state index < -0.39 is 22.9 Å². The first kappa shape index (κ1) is 18.5. The standard InChI is InChI=1S/C17H24ClN3O3/c1-16(2)8-11(19)9-17(3,4)21(16)15(24)14(23)20-12-7-10(18)5-6-13(12)22/h5-7,11,22H,8-9,19H2,1-4H3,(H,20,23). The zero-order valence-electron chi connectivity index (χ0n) is 14.4. The summed E-state index contributed by atoms with van der Waals surface area (Å²) < 4.78 is 0. The number of likely N-dealkylation sites (tertiary alicyclic amines) is 1. The Morgan fingerprint density at radius 1 is 1.25 bits per heavy atom. The van der Waals surface area contributed by atoms with E-state index >= 15 is 0 Å². The van der Waals surface area contributed by atoms with Gasteiger partial charge in [-0.25, -0.2) is 0 Å². The summed E-state index contributed by atoms with van der Waals surface area (Å²) in [6.07, 6.45) is 1.22. The van der Waals surface area contributed by atoms with Crippen molar-refractivity contribution in [3.05, 3.63) is 23.2 Å². The van der Waals surface area contributed by atoms with E-state index in [2.05, 4.69) is 5.32 Å². The molecule has 1 fully saturated rings. The lowest BCUT2D eigenvalue weighted by atomic mass is 9.77. The van der Waals surface area contributed by atoms with Gasteiger partial charge in [-0.2, -0.15) is 0 Å². The Labute approximate surface area is 147 Å². The fraction of sp³-hybridized carbons (Fsp3) is 0.529. The fourth-order valence-corrected chi connectivity index (χ4v) is 3.96. The van der Waals surface area contributed by atoms with Crippen LogP contribution in [0, 0.1) is 0 Å². The number of nitrogens with zero attached hydrogens (tertiary/aromatic N) is 1. The molecule has 0 atom stereocenters. The minimum atomic E-state index is -0.816. The van der Waals surface area contributed by atoms with Crippen LogP contribution in [0.2, 0.25) is 5.02 Å². The number of hydrogen-bond donors (Lipinski definition) is 3. The van der Waals surface area contributed by atoms with Crippen molar-refractivity contribution in [2.24, 2.45) is 5.73 Å². The molecule has 0 bridgehead atoms. The number of hydrogen-bond acceptors (Lipinski definition) is 4. The average Bonchev–Trinajstić information content (AvgIpc) is 2.39. The van der Waals surface area contributed by atoms with E-state index in [-0.39, 0.29) is 17.5 Å². The summed E-state index contributed by atoms with van der Waals surface area (Å²) in [5.41, 5.74) is 5.10. The third-order valence-electron chi connectivity index (χ3n) is 4.34. The van der Waals surface area contributed by atoms with Crippen LogP contribution in [0.4, 0.5) is 5.69 Å². The second-order valence-electron chi connectivity index (χ2n) is 7.55. The summed E-state index contributed by atoms with van der Waals surface area (Å²) >= 11 is 5.86. The number of piperidine rings is 1. The quantitative estimate of drug-likeness (QED) is 0.534. The maximum absolute atomic E-state index is 12.8. The SMILES string of the molecule is CC1(C)CC(N)CC(C)(C)N1C(=O)C(=O)Nc1cc(Cl)ccc1O. The number of carbonyl (C=O) groups is 2. The van der Waals surface area contributed by atoms with Crippen molar-refractivity contribution in [2.75, 3.05) is 5.32 Å². The lowest BCUT2D eigenvalue weighted by Gasteiger charge is -2.54. The van der Waals surface area contributed by atoms with Gasteiger partial charge in [-0.1, -0.05) is 11.6 Å². The highest BCUT2D eigenvalue weighted by molar-refractivity contribution is 6.40. The summed E-state index contributed by atoms with van der Waals surface area (Å²) in [6.45, 7) is 7.59. The summed E-state index contributed by atoms with van der Waals surface area (Å²) in [6, 6.07) is 4.21. The van der Waals surface area contributed by atoms with Crippen LogP contribution in [0.3, 0.4) is 0 Å². The van der Waals surface area contributed by atoms with Crippen LogP contribution < -0.4 is 11.1 Å². The van der Waals surface area contributed by atoms with Crippen molar-refractivity contribution < 1.29 is 14.7 Å². The van der Waals surface area contributed by atoms with E-state index in [4.69, 9.17) is 17.3 Å². The van der Waals surface area contributed by atoms with Gasteiger partial charge in [0.15, 0.2) is 0 Å².